The van der Waals surface area contributed by atoms with Gasteiger partial charge in [-0.1, -0.05) is 0 Å². The maximum Gasteiger partial charge on any atom is 0.112 e. The molecule has 0 aromatic carbocycles. The third kappa shape index (κ3) is 3.28. The molecule has 6 nitrogen and oxygen atoms in total. The molecule has 2 N–H and O–H groups in total. The van der Waals surface area contributed by atoms with E-state index in [9.17, 15) is 0 Å². The molecule has 0 aliphatic carbocycles. The lowest BCUT2D eigenvalue weighted by atomic mass is 10.1. The van der Waals surface area contributed by atoms with E-state index in [0.29, 0.717) is 0 Å². The monoisotopic (exact) mass is 301 g/mol. The number of aryl methyl sites for hydroxylation is 2. The van der Waals surface area contributed by atoms with Crippen molar-refractivity contribution in [1.29, 1.82) is 0 Å². The zero-order valence-corrected chi connectivity index (χ0v) is 13.4. The van der Waals surface area contributed by atoms with E-state index < -0.39 is 0 Å². The number of imidazole rings is 1. The number of nitrogens with zero attached hydrogens (tertiary/aromatic N) is 3. The van der Waals surface area contributed by atoms with Gasteiger partial charge in [0.1, 0.15) is 6.10 Å². The van der Waals surface area contributed by atoms with Crippen LogP contribution in [-0.4, -0.2) is 46.6 Å². The Morgan fingerprint density at radius 1 is 1.41 bits per heavy atom. The quantitative estimate of drug-likeness (QED) is 0.904. The van der Waals surface area contributed by atoms with E-state index in [1.54, 1.807) is 6.33 Å². The van der Waals surface area contributed by atoms with Crippen LogP contribution in [0.3, 0.4) is 0 Å². The van der Waals surface area contributed by atoms with Gasteiger partial charge in [0, 0.05) is 43.8 Å². The van der Waals surface area contributed by atoms with Crippen molar-refractivity contribution in [3.05, 3.63) is 41.2 Å². The molecule has 0 bridgehead atoms. The molecule has 6 heteroatoms. The van der Waals surface area contributed by atoms with Crippen LogP contribution in [0, 0.1) is 13.8 Å². The first kappa shape index (κ1) is 15.0. The Labute approximate surface area is 130 Å². The topological polar surface area (TPSA) is 66.1 Å². The molecule has 1 aliphatic rings. The summed E-state index contributed by atoms with van der Waals surface area (Å²) in [4.78, 5) is 14.5. The van der Waals surface area contributed by atoms with Crippen molar-refractivity contribution in [2.24, 2.45) is 0 Å². The number of anilines is 1. The second-order valence-electron chi connectivity index (χ2n) is 5.74. The Morgan fingerprint density at radius 3 is 3.00 bits per heavy atom. The summed E-state index contributed by atoms with van der Waals surface area (Å²) >= 11 is 0. The molecule has 2 aromatic rings. The van der Waals surface area contributed by atoms with E-state index in [1.165, 1.54) is 0 Å². The van der Waals surface area contributed by atoms with Crippen molar-refractivity contribution in [2.75, 3.05) is 32.1 Å². The van der Waals surface area contributed by atoms with Crippen LogP contribution in [0.4, 0.5) is 5.69 Å². The highest BCUT2D eigenvalue weighted by molar-refractivity contribution is 5.45. The third-order valence-corrected chi connectivity index (χ3v) is 4.05. The van der Waals surface area contributed by atoms with E-state index in [1.807, 2.05) is 20.0 Å². The summed E-state index contributed by atoms with van der Waals surface area (Å²) in [6.07, 6.45) is 1.77. The minimum absolute atomic E-state index is 0.0139. The number of H-pyrrole nitrogens is 1. The zero-order valence-electron chi connectivity index (χ0n) is 13.4. The van der Waals surface area contributed by atoms with E-state index in [2.05, 4.69) is 38.2 Å². The highest BCUT2D eigenvalue weighted by atomic mass is 16.5. The number of hydrogen-bond donors (Lipinski definition) is 2. The van der Waals surface area contributed by atoms with Crippen molar-refractivity contribution in [3.8, 4) is 0 Å². The standard InChI is InChI=1S/C16H23N5O/c1-11-6-13(17-3)7-14(20-11)16-9-21(4-5-22-16)8-15-12(2)18-10-19-15/h6-7,10,16H,4-5,8-9H2,1-3H3,(H,17,20)(H,18,19)/t16-/m0/s1. The first-order valence-corrected chi connectivity index (χ1v) is 7.65. The molecule has 0 spiro atoms. The van der Waals surface area contributed by atoms with Gasteiger partial charge in [-0.05, 0) is 26.0 Å². The number of aromatic nitrogens is 3. The van der Waals surface area contributed by atoms with Gasteiger partial charge in [0.05, 0.1) is 24.3 Å². The molecule has 0 unspecified atom stereocenters. The average molecular weight is 301 g/mol. The molecule has 3 rings (SSSR count). The SMILES string of the molecule is CNc1cc(C)nc([C@@H]2CN(Cc3nc[nH]c3C)CCO2)c1. The fraction of sp³-hybridized carbons (Fsp3) is 0.500. The highest BCUT2D eigenvalue weighted by Crippen LogP contribution is 2.24. The largest absolute Gasteiger partial charge is 0.388 e. The number of rotatable bonds is 4. The molecule has 1 saturated heterocycles. The maximum atomic E-state index is 5.94. The summed E-state index contributed by atoms with van der Waals surface area (Å²) in [6, 6.07) is 4.11. The fourth-order valence-corrected chi connectivity index (χ4v) is 2.79. The molecule has 0 saturated carbocycles. The maximum absolute atomic E-state index is 5.94. The lowest BCUT2D eigenvalue weighted by Crippen LogP contribution is -2.38. The first-order chi connectivity index (χ1) is 10.7. The predicted octanol–water partition coefficient (Wildman–Crippen LogP) is 2.04. The number of pyridine rings is 1. The van der Waals surface area contributed by atoms with Gasteiger partial charge in [0.15, 0.2) is 0 Å². The Bertz CT molecular complexity index is 639. The van der Waals surface area contributed by atoms with Gasteiger partial charge in [-0.2, -0.15) is 0 Å². The Hall–Kier alpha value is -1.92. The number of nitrogens with one attached hydrogen (secondary N) is 2. The van der Waals surface area contributed by atoms with E-state index in [-0.39, 0.29) is 6.10 Å². The lowest BCUT2D eigenvalue weighted by molar-refractivity contribution is -0.0353. The molecule has 22 heavy (non-hydrogen) atoms. The van der Waals surface area contributed by atoms with Gasteiger partial charge in [-0.25, -0.2) is 4.98 Å². The van der Waals surface area contributed by atoms with Gasteiger partial charge >= 0.3 is 0 Å². The molecule has 1 aliphatic heterocycles. The molecule has 1 fully saturated rings. The smallest absolute Gasteiger partial charge is 0.112 e. The molecular weight excluding hydrogens is 278 g/mol. The first-order valence-electron chi connectivity index (χ1n) is 7.65. The molecule has 118 valence electrons. The Balaban J connectivity index is 1.73. The number of aromatic amines is 1. The summed E-state index contributed by atoms with van der Waals surface area (Å²) in [7, 11) is 1.92. The van der Waals surface area contributed by atoms with Gasteiger partial charge in [-0.3, -0.25) is 9.88 Å². The minimum atomic E-state index is 0.0139. The molecule has 3 heterocycles. The van der Waals surface area contributed by atoms with Crippen LogP contribution < -0.4 is 5.32 Å². The number of hydrogen-bond acceptors (Lipinski definition) is 5. The molecule has 2 aromatic heterocycles. The van der Waals surface area contributed by atoms with Crippen LogP contribution in [0.15, 0.2) is 18.5 Å². The second-order valence-corrected chi connectivity index (χ2v) is 5.74. The van der Waals surface area contributed by atoms with Crippen LogP contribution in [0.1, 0.15) is 28.9 Å². The van der Waals surface area contributed by atoms with Crippen LogP contribution in [0.25, 0.3) is 0 Å². The van der Waals surface area contributed by atoms with Crippen molar-refractivity contribution in [2.45, 2.75) is 26.5 Å². The summed E-state index contributed by atoms with van der Waals surface area (Å²) in [5.74, 6) is 0. The van der Waals surface area contributed by atoms with Crippen molar-refractivity contribution in [3.63, 3.8) is 0 Å². The van der Waals surface area contributed by atoms with Crippen LogP contribution in [0.5, 0.6) is 0 Å². The molecular formula is C16H23N5O. The Kier molecular flexibility index (Phi) is 4.40. The lowest BCUT2D eigenvalue weighted by Gasteiger charge is -2.32. The van der Waals surface area contributed by atoms with E-state index >= 15 is 0 Å². The van der Waals surface area contributed by atoms with Crippen molar-refractivity contribution >= 4 is 5.69 Å². The van der Waals surface area contributed by atoms with Gasteiger partial charge < -0.3 is 15.0 Å². The van der Waals surface area contributed by atoms with Gasteiger partial charge in [-0.15, -0.1) is 0 Å². The van der Waals surface area contributed by atoms with Crippen LogP contribution >= 0.6 is 0 Å². The third-order valence-electron chi connectivity index (χ3n) is 4.05. The average Bonchev–Trinajstić information content (AvgIpc) is 2.92. The van der Waals surface area contributed by atoms with E-state index in [0.717, 1.165) is 54.7 Å². The molecule has 0 amide bonds. The number of ether oxygens (including phenoxy) is 1. The summed E-state index contributed by atoms with van der Waals surface area (Å²) in [5.41, 5.74) is 5.31. The van der Waals surface area contributed by atoms with Crippen LogP contribution in [-0.2, 0) is 11.3 Å². The highest BCUT2D eigenvalue weighted by Gasteiger charge is 2.24. The molecule has 0 radical (unpaired) electrons. The normalized spacial score (nSPS) is 19.3. The zero-order chi connectivity index (χ0) is 15.5. The summed E-state index contributed by atoms with van der Waals surface area (Å²) in [5, 5.41) is 3.18. The molecule has 1 atom stereocenters. The summed E-state index contributed by atoms with van der Waals surface area (Å²) in [6.45, 7) is 7.40. The fourth-order valence-electron chi connectivity index (χ4n) is 2.79. The van der Waals surface area contributed by atoms with Crippen LogP contribution in [0.2, 0.25) is 0 Å². The van der Waals surface area contributed by atoms with E-state index in [4.69, 9.17) is 4.74 Å². The predicted molar refractivity (Wildman–Crippen MR) is 85.8 cm³/mol. The van der Waals surface area contributed by atoms with Crippen molar-refractivity contribution < 1.29 is 4.74 Å². The minimum Gasteiger partial charge on any atom is -0.388 e. The Morgan fingerprint density at radius 2 is 2.27 bits per heavy atom. The second kappa shape index (κ2) is 6.46. The number of morpholine rings is 1. The summed E-state index contributed by atoms with van der Waals surface area (Å²) < 4.78 is 5.94. The van der Waals surface area contributed by atoms with Gasteiger partial charge in [0.25, 0.3) is 0 Å². The van der Waals surface area contributed by atoms with Crippen molar-refractivity contribution in [1.82, 2.24) is 19.9 Å². The van der Waals surface area contributed by atoms with Gasteiger partial charge in [0.2, 0.25) is 0 Å².